The van der Waals surface area contributed by atoms with Crippen LogP contribution >= 0.6 is 0 Å². The van der Waals surface area contributed by atoms with E-state index in [2.05, 4.69) is 251 Å². The lowest BCUT2D eigenvalue weighted by molar-refractivity contribution is 0.669. The van der Waals surface area contributed by atoms with E-state index in [-0.39, 0.29) is 0 Å². The van der Waals surface area contributed by atoms with Gasteiger partial charge in [0, 0.05) is 60.2 Å². The van der Waals surface area contributed by atoms with Crippen LogP contribution in [0.4, 0.5) is 17.1 Å². The molecule has 0 bridgehead atoms. The fourth-order valence-corrected chi connectivity index (χ4v) is 10.8. The van der Waals surface area contributed by atoms with E-state index in [4.69, 9.17) is 4.42 Å². The van der Waals surface area contributed by atoms with Crippen LogP contribution in [-0.2, 0) is 0 Å². The summed E-state index contributed by atoms with van der Waals surface area (Å²) in [6.45, 7) is 0. The van der Waals surface area contributed by atoms with Crippen molar-refractivity contribution in [3.05, 3.63) is 249 Å². The van der Waals surface area contributed by atoms with Crippen LogP contribution in [0.3, 0.4) is 0 Å². The monoisotopic (exact) mass is 867 g/mol. The Morgan fingerprint density at radius 2 is 0.735 bits per heavy atom. The minimum Gasteiger partial charge on any atom is -0.456 e. The maximum absolute atomic E-state index is 6.18. The molecule has 11 aromatic carbocycles. The summed E-state index contributed by atoms with van der Waals surface area (Å²) >= 11 is 0. The molecule has 0 aliphatic carbocycles. The van der Waals surface area contributed by atoms with E-state index in [1.165, 1.54) is 54.6 Å². The molecule has 68 heavy (non-hydrogen) atoms. The SMILES string of the molecule is c1ccc(-n2c3ccccc3c3cc(-c4ccc(N(c5ccc(-c6ccc7oc8ccccc8c7c6)cc5)c5ccc(-n6c7ccccc7c7ccccc76)c6ccccc56)cc4)ccc32)cc1. The second kappa shape index (κ2) is 15.2. The van der Waals surface area contributed by atoms with Crippen molar-refractivity contribution in [1.82, 2.24) is 9.13 Å². The molecule has 0 atom stereocenters. The number of anilines is 3. The van der Waals surface area contributed by atoms with Gasteiger partial charge in [-0.25, -0.2) is 0 Å². The van der Waals surface area contributed by atoms with Crippen molar-refractivity contribution in [2.24, 2.45) is 0 Å². The number of hydrogen-bond donors (Lipinski definition) is 0. The lowest BCUT2D eigenvalue weighted by Crippen LogP contribution is -2.11. The van der Waals surface area contributed by atoms with Crippen LogP contribution in [0.25, 0.3) is 110 Å². The van der Waals surface area contributed by atoms with Gasteiger partial charge in [0.25, 0.3) is 0 Å². The summed E-state index contributed by atoms with van der Waals surface area (Å²) in [5.41, 5.74) is 16.8. The fraction of sp³-hybridized carbons (Fsp3) is 0. The third-order valence-corrected chi connectivity index (χ3v) is 13.9. The molecule has 0 N–H and O–H groups in total. The minimum absolute atomic E-state index is 0.899. The predicted molar refractivity (Wildman–Crippen MR) is 285 cm³/mol. The first-order valence-corrected chi connectivity index (χ1v) is 23.2. The van der Waals surface area contributed by atoms with Gasteiger partial charge in [0.05, 0.1) is 33.4 Å². The molecule has 3 heterocycles. The van der Waals surface area contributed by atoms with E-state index in [1.54, 1.807) is 0 Å². The zero-order valence-corrected chi connectivity index (χ0v) is 36.9. The minimum atomic E-state index is 0.899. The van der Waals surface area contributed by atoms with Crippen LogP contribution < -0.4 is 4.90 Å². The van der Waals surface area contributed by atoms with Crippen molar-refractivity contribution in [2.75, 3.05) is 4.90 Å². The van der Waals surface area contributed by atoms with Crippen molar-refractivity contribution in [1.29, 1.82) is 0 Å². The first kappa shape index (κ1) is 38.2. The molecular formula is C64H41N3O. The number of benzene rings is 11. The van der Waals surface area contributed by atoms with E-state index in [0.717, 1.165) is 72.5 Å². The molecule has 0 fully saturated rings. The van der Waals surface area contributed by atoms with Gasteiger partial charge in [-0.15, -0.1) is 0 Å². The van der Waals surface area contributed by atoms with Crippen LogP contribution in [0.2, 0.25) is 0 Å². The van der Waals surface area contributed by atoms with Crippen molar-refractivity contribution in [3.8, 4) is 33.6 Å². The highest BCUT2D eigenvalue weighted by atomic mass is 16.3. The van der Waals surface area contributed by atoms with E-state index in [0.29, 0.717) is 0 Å². The quantitative estimate of drug-likeness (QED) is 0.160. The van der Waals surface area contributed by atoms with E-state index in [9.17, 15) is 0 Å². The summed E-state index contributed by atoms with van der Waals surface area (Å²) in [4.78, 5) is 2.41. The third kappa shape index (κ3) is 5.94. The Balaban J connectivity index is 0.913. The molecule has 0 aliphatic heterocycles. The van der Waals surface area contributed by atoms with E-state index in [1.807, 2.05) is 12.1 Å². The molecule has 0 aliphatic rings. The normalized spacial score (nSPS) is 11.8. The zero-order valence-electron chi connectivity index (χ0n) is 36.9. The van der Waals surface area contributed by atoms with Gasteiger partial charge in [-0.05, 0) is 119 Å². The molecule has 4 nitrogen and oxygen atoms in total. The highest BCUT2D eigenvalue weighted by Crippen LogP contribution is 2.44. The number of rotatable bonds is 7. The lowest BCUT2D eigenvalue weighted by Gasteiger charge is -2.28. The number of hydrogen-bond acceptors (Lipinski definition) is 2. The predicted octanol–water partition coefficient (Wildman–Crippen LogP) is 17.7. The molecule has 0 spiro atoms. The summed E-state index contributed by atoms with van der Waals surface area (Å²) in [5, 5.41) is 9.58. The summed E-state index contributed by atoms with van der Waals surface area (Å²) < 4.78 is 11.0. The molecule has 0 saturated heterocycles. The maximum atomic E-state index is 6.18. The Labute approximate surface area is 392 Å². The summed E-state index contributed by atoms with van der Waals surface area (Å²) in [6, 6.07) is 90.1. The molecule has 0 radical (unpaired) electrons. The fourth-order valence-electron chi connectivity index (χ4n) is 10.8. The molecule has 318 valence electrons. The molecule has 3 aromatic heterocycles. The van der Waals surface area contributed by atoms with Crippen molar-refractivity contribution >= 4 is 93.4 Å². The first-order chi connectivity index (χ1) is 33.7. The Morgan fingerprint density at radius 3 is 1.38 bits per heavy atom. The Morgan fingerprint density at radius 1 is 0.279 bits per heavy atom. The summed E-state index contributed by atoms with van der Waals surface area (Å²) in [5.74, 6) is 0. The highest BCUT2D eigenvalue weighted by Gasteiger charge is 2.21. The van der Waals surface area contributed by atoms with E-state index < -0.39 is 0 Å². The number of para-hydroxylation sites is 5. The van der Waals surface area contributed by atoms with Gasteiger partial charge in [-0.1, -0.05) is 152 Å². The van der Waals surface area contributed by atoms with Crippen molar-refractivity contribution < 1.29 is 4.42 Å². The number of fused-ring (bicyclic) bond motifs is 10. The average molecular weight is 868 g/mol. The Hall–Kier alpha value is -9.12. The van der Waals surface area contributed by atoms with Gasteiger partial charge >= 0.3 is 0 Å². The van der Waals surface area contributed by atoms with Crippen LogP contribution in [0.5, 0.6) is 0 Å². The average Bonchev–Trinajstić information content (AvgIpc) is 4.07. The van der Waals surface area contributed by atoms with Gasteiger partial charge in [-0.3, -0.25) is 0 Å². The third-order valence-electron chi connectivity index (χ3n) is 13.9. The highest BCUT2D eigenvalue weighted by molar-refractivity contribution is 6.13. The molecule has 0 saturated carbocycles. The smallest absolute Gasteiger partial charge is 0.135 e. The standard InChI is InChI=1S/C64H41N3O/c1-2-14-46(15-3-1)66-57-22-10-8-20-53(57)55-40-44(30-36-62(55)66)42-26-32-47(33-27-42)65(48-34-28-43(29-35-48)45-31-39-64-56(41-45)54-21-9-13-25-63(54)68-64)60-37-38-61(52-17-5-4-16-51(52)60)67-58-23-11-6-18-49(58)50-19-7-12-24-59(50)67/h1-41H. The number of nitrogens with zero attached hydrogens (tertiary/aromatic N) is 3. The largest absolute Gasteiger partial charge is 0.456 e. The van der Waals surface area contributed by atoms with E-state index >= 15 is 0 Å². The molecule has 0 amide bonds. The van der Waals surface area contributed by atoms with Gasteiger partial charge in [0.2, 0.25) is 0 Å². The molecular weight excluding hydrogens is 827 g/mol. The Kier molecular flexibility index (Phi) is 8.55. The van der Waals surface area contributed by atoms with Gasteiger partial charge in [0.1, 0.15) is 11.2 Å². The Bertz CT molecular complexity index is 4200. The second-order valence-electron chi connectivity index (χ2n) is 17.7. The molecule has 4 heteroatoms. The molecule has 0 unspecified atom stereocenters. The van der Waals surface area contributed by atoms with Crippen LogP contribution in [0, 0.1) is 0 Å². The van der Waals surface area contributed by atoms with Crippen molar-refractivity contribution in [3.63, 3.8) is 0 Å². The topological polar surface area (TPSA) is 26.2 Å². The molecule has 14 rings (SSSR count). The summed E-state index contributed by atoms with van der Waals surface area (Å²) in [6.07, 6.45) is 0. The number of aromatic nitrogens is 2. The van der Waals surface area contributed by atoms with Crippen LogP contribution in [-0.4, -0.2) is 9.13 Å². The van der Waals surface area contributed by atoms with Crippen LogP contribution in [0.1, 0.15) is 0 Å². The first-order valence-electron chi connectivity index (χ1n) is 23.2. The van der Waals surface area contributed by atoms with Gasteiger partial charge in [0.15, 0.2) is 0 Å². The van der Waals surface area contributed by atoms with Gasteiger partial charge in [-0.2, -0.15) is 0 Å². The number of furan rings is 1. The summed E-state index contributed by atoms with van der Waals surface area (Å²) in [7, 11) is 0. The lowest BCUT2D eigenvalue weighted by atomic mass is 10.00. The zero-order chi connectivity index (χ0) is 44.7. The van der Waals surface area contributed by atoms with Crippen molar-refractivity contribution in [2.45, 2.75) is 0 Å². The maximum Gasteiger partial charge on any atom is 0.135 e. The second-order valence-corrected chi connectivity index (χ2v) is 17.7. The van der Waals surface area contributed by atoms with Gasteiger partial charge < -0.3 is 18.5 Å². The van der Waals surface area contributed by atoms with Crippen LogP contribution in [0.15, 0.2) is 253 Å². The molecule has 14 aromatic rings.